The summed E-state index contributed by atoms with van der Waals surface area (Å²) >= 11 is 5.82. The molecule has 0 bridgehead atoms. The Morgan fingerprint density at radius 2 is 2.06 bits per heavy atom. The SMILES string of the molecule is COc1ccc(Cl)cc1S(=O)(=O)n1ccc(C)n1. The molecule has 96 valence electrons. The molecule has 0 spiro atoms. The number of aromatic nitrogens is 2. The van der Waals surface area contributed by atoms with Crippen molar-refractivity contribution < 1.29 is 13.2 Å². The second-order valence-electron chi connectivity index (χ2n) is 3.63. The van der Waals surface area contributed by atoms with Crippen molar-refractivity contribution in [1.82, 2.24) is 9.19 Å². The summed E-state index contributed by atoms with van der Waals surface area (Å²) < 4.78 is 30.6. The maximum Gasteiger partial charge on any atom is 0.286 e. The monoisotopic (exact) mass is 286 g/mol. The molecule has 5 nitrogen and oxygen atoms in total. The van der Waals surface area contributed by atoms with Gasteiger partial charge in [-0.2, -0.15) is 17.6 Å². The van der Waals surface area contributed by atoms with Crippen molar-refractivity contribution in [3.63, 3.8) is 0 Å². The van der Waals surface area contributed by atoms with E-state index in [1.165, 1.54) is 25.4 Å². The lowest BCUT2D eigenvalue weighted by Crippen LogP contribution is -2.14. The molecule has 0 radical (unpaired) electrons. The van der Waals surface area contributed by atoms with Crippen LogP contribution in [-0.4, -0.2) is 24.7 Å². The minimum atomic E-state index is -3.79. The number of ether oxygens (including phenoxy) is 1. The molecule has 0 atom stereocenters. The van der Waals surface area contributed by atoms with Crippen LogP contribution in [0, 0.1) is 6.92 Å². The van der Waals surface area contributed by atoms with Crippen LogP contribution in [0.5, 0.6) is 5.75 Å². The van der Waals surface area contributed by atoms with Crippen molar-refractivity contribution in [1.29, 1.82) is 0 Å². The van der Waals surface area contributed by atoms with Crippen LogP contribution >= 0.6 is 11.6 Å². The molecule has 0 amide bonds. The molecule has 1 heterocycles. The van der Waals surface area contributed by atoms with E-state index in [4.69, 9.17) is 16.3 Å². The highest BCUT2D eigenvalue weighted by Gasteiger charge is 2.22. The number of hydrogen-bond acceptors (Lipinski definition) is 4. The fourth-order valence-electron chi connectivity index (χ4n) is 1.48. The zero-order valence-electron chi connectivity index (χ0n) is 9.79. The fraction of sp³-hybridized carbons (Fsp3) is 0.182. The third kappa shape index (κ3) is 2.21. The molecule has 18 heavy (non-hydrogen) atoms. The predicted octanol–water partition coefficient (Wildman–Crippen LogP) is 2.09. The molecule has 0 fully saturated rings. The number of rotatable bonds is 3. The van der Waals surface area contributed by atoms with E-state index in [-0.39, 0.29) is 10.6 Å². The first kappa shape index (κ1) is 12.9. The quantitative estimate of drug-likeness (QED) is 0.867. The van der Waals surface area contributed by atoms with Crippen LogP contribution in [0.1, 0.15) is 5.69 Å². The Bertz CT molecular complexity index is 679. The summed E-state index contributed by atoms with van der Waals surface area (Å²) in [6.07, 6.45) is 1.38. The maximum atomic E-state index is 12.3. The Morgan fingerprint density at radius 1 is 1.33 bits per heavy atom. The van der Waals surface area contributed by atoms with E-state index < -0.39 is 10.0 Å². The number of methoxy groups -OCH3 is 1. The molecule has 0 aliphatic rings. The average molecular weight is 287 g/mol. The Hall–Kier alpha value is -1.53. The van der Waals surface area contributed by atoms with E-state index in [1.54, 1.807) is 19.1 Å². The van der Waals surface area contributed by atoms with Gasteiger partial charge in [0, 0.05) is 11.2 Å². The molecule has 2 aromatic rings. The number of halogens is 1. The van der Waals surface area contributed by atoms with Crippen LogP contribution in [-0.2, 0) is 10.0 Å². The van der Waals surface area contributed by atoms with E-state index >= 15 is 0 Å². The van der Waals surface area contributed by atoms with Gasteiger partial charge < -0.3 is 4.74 Å². The number of nitrogens with zero attached hydrogens (tertiary/aromatic N) is 2. The minimum Gasteiger partial charge on any atom is -0.495 e. The highest BCUT2D eigenvalue weighted by Crippen LogP contribution is 2.28. The van der Waals surface area contributed by atoms with Crippen LogP contribution in [0.2, 0.25) is 5.02 Å². The molecule has 0 unspecified atom stereocenters. The Morgan fingerprint density at radius 3 is 2.61 bits per heavy atom. The Kier molecular flexibility index (Phi) is 3.32. The molecule has 0 aliphatic heterocycles. The van der Waals surface area contributed by atoms with Gasteiger partial charge in [-0.25, -0.2) is 0 Å². The van der Waals surface area contributed by atoms with Crippen LogP contribution in [0.25, 0.3) is 0 Å². The van der Waals surface area contributed by atoms with Gasteiger partial charge in [0.2, 0.25) is 0 Å². The van der Waals surface area contributed by atoms with E-state index in [0.29, 0.717) is 10.7 Å². The second-order valence-corrected chi connectivity index (χ2v) is 5.83. The highest BCUT2D eigenvalue weighted by molar-refractivity contribution is 7.90. The van der Waals surface area contributed by atoms with Gasteiger partial charge in [-0.15, -0.1) is 0 Å². The largest absolute Gasteiger partial charge is 0.495 e. The van der Waals surface area contributed by atoms with Crippen molar-refractivity contribution >= 4 is 21.6 Å². The fourth-order valence-corrected chi connectivity index (χ4v) is 3.06. The van der Waals surface area contributed by atoms with E-state index in [0.717, 1.165) is 4.09 Å². The molecule has 0 N–H and O–H groups in total. The molecule has 7 heteroatoms. The van der Waals surface area contributed by atoms with Gasteiger partial charge in [0.05, 0.1) is 12.8 Å². The second kappa shape index (κ2) is 4.62. The zero-order chi connectivity index (χ0) is 13.3. The van der Waals surface area contributed by atoms with E-state index in [2.05, 4.69) is 5.10 Å². The molecule has 0 saturated carbocycles. The van der Waals surface area contributed by atoms with Gasteiger partial charge in [0.1, 0.15) is 10.6 Å². The third-order valence-corrected chi connectivity index (χ3v) is 4.16. The predicted molar refractivity (Wildman–Crippen MR) is 67.6 cm³/mol. The van der Waals surface area contributed by atoms with Crippen LogP contribution in [0.3, 0.4) is 0 Å². The van der Waals surface area contributed by atoms with E-state index in [1.807, 2.05) is 0 Å². The summed E-state index contributed by atoms with van der Waals surface area (Å²) in [4.78, 5) is -0.0133. The van der Waals surface area contributed by atoms with Gasteiger partial charge in [-0.05, 0) is 31.2 Å². The molecular formula is C11H11ClN2O3S. The smallest absolute Gasteiger partial charge is 0.286 e. The van der Waals surface area contributed by atoms with Crippen LogP contribution < -0.4 is 4.74 Å². The first-order chi connectivity index (χ1) is 8.45. The zero-order valence-corrected chi connectivity index (χ0v) is 11.4. The average Bonchev–Trinajstić information content (AvgIpc) is 2.76. The first-order valence-electron chi connectivity index (χ1n) is 5.06. The standard InChI is InChI=1S/C11H11ClN2O3S/c1-8-5-6-14(13-8)18(15,16)11-7-9(12)3-4-10(11)17-2/h3-7H,1-2H3. The summed E-state index contributed by atoms with van der Waals surface area (Å²) in [5.74, 6) is 0.229. The van der Waals surface area contributed by atoms with Crippen LogP contribution in [0.15, 0.2) is 35.4 Å². The topological polar surface area (TPSA) is 61.2 Å². The number of aryl methyl sites for hydroxylation is 1. The van der Waals surface area contributed by atoms with Crippen molar-refractivity contribution in [2.75, 3.05) is 7.11 Å². The molecular weight excluding hydrogens is 276 g/mol. The maximum absolute atomic E-state index is 12.3. The molecule has 0 aliphatic carbocycles. The van der Waals surface area contributed by atoms with Crippen LogP contribution in [0.4, 0.5) is 0 Å². The third-order valence-electron chi connectivity index (χ3n) is 2.35. The summed E-state index contributed by atoms with van der Waals surface area (Å²) in [5.41, 5.74) is 0.611. The Balaban J connectivity index is 2.64. The number of benzene rings is 1. The summed E-state index contributed by atoms with van der Waals surface area (Å²) in [7, 11) is -2.39. The lowest BCUT2D eigenvalue weighted by Gasteiger charge is -2.09. The number of hydrogen-bond donors (Lipinski definition) is 0. The van der Waals surface area contributed by atoms with Gasteiger partial charge in [-0.1, -0.05) is 11.6 Å². The summed E-state index contributed by atoms with van der Waals surface area (Å²) in [5, 5.41) is 4.21. The lowest BCUT2D eigenvalue weighted by molar-refractivity contribution is 0.402. The van der Waals surface area contributed by atoms with Crippen molar-refractivity contribution in [3.8, 4) is 5.75 Å². The lowest BCUT2D eigenvalue weighted by atomic mass is 10.3. The highest BCUT2D eigenvalue weighted by atomic mass is 35.5. The van der Waals surface area contributed by atoms with Gasteiger partial charge in [0.15, 0.2) is 0 Å². The normalized spacial score (nSPS) is 11.5. The molecule has 0 saturated heterocycles. The van der Waals surface area contributed by atoms with Crippen molar-refractivity contribution in [2.24, 2.45) is 0 Å². The van der Waals surface area contributed by atoms with E-state index in [9.17, 15) is 8.42 Å². The molecule has 2 rings (SSSR count). The van der Waals surface area contributed by atoms with Gasteiger partial charge in [-0.3, -0.25) is 0 Å². The van der Waals surface area contributed by atoms with Gasteiger partial charge >= 0.3 is 0 Å². The Labute approximate surface area is 110 Å². The minimum absolute atomic E-state index is 0.0133. The van der Waals surface area contributed by atoms with Crippen molar-refractivity contribution in [2.45, 2.75) is 11.8 Å². The molecule has 1 aromatic heterocycles. The summed E-state index contributed by atoms with van der Waals surface area (Å²) in [6.45, 7) is 1.71. The van der Waals surface area contributed by atoms with Crippen molar-refractivity contribution in [3.05, 3.63) is 41.2 Å². The van der Waals surface area contributed by atoms with Gasteiger partial charge in [0.25, 0.3) is 10.0 Å². The molecule has 1 aromatic carbocycles. The first-order valence-corrected chi connectivity index (χ1v) is 6.88. The summed E-state index contributed by atoms with van der Waals surface area (Å²) in [6, 6.07) is 6.01.